The molecule has 1 unspecified atom stereocenters. The molecule has 0 spiro atoms. The second-order valence-electron chi connectivity index (χ2n) is 2.65. The summed E-state index contributed by atoms with van der Waals surface area (Å²) in [5, 5.41) is 1.89. The predicted octanol–water partition coefficient (Wildman–Crippen LogP) is 0.631. The normalized spacial score (nSPS) is 26.1. The van der Waals surface area contributed by atoms with Crippen molar-refractivity contribution in [2.24, 2.45) is 0 Å². The summed E-state index contributed by atoms with van der Waals surface area (Å²) >= 11 is 0. The van der Waals surface area contributed by atoms with Gasteiger partial charge in [0.25, 0.3) is 0 Å². The summed E-state index contributed by atoms with van der Waals surface area (Å²) in [6.45, 7) is -0.515. The van der Waals surface area contributed by atoms with Crippen LogP contribution in [0, 0.1) is 0 Å². The Morgan fingerprint density at radius 3 is 2.53 bits per heavy atom. The number of esters is 1. The highest BCUT2D eigenvalue weighted by atomic mass is 19.4. The van der Waals surface area contributed by atoms with E-state index in [-0.39, 0.29) is 13.2 Å². The van der Waals surface area contributed by atoms with Gasteiger partial charge in [0.1, 0.15) is 0 Å². The summed E-state index contributed by atoms with van der Waals surface area (Å²) < 4.78 is 67.8. The zero-order valence-electron chi connectivity index (χ0n) is 7.11. The minimum Gasteiger partial charge on any atom is -0.430 e. The van der Waals surface area contributed by atoms with Crippen LogP contribution in [0.3, 0.4) is 0 Å². The van der Waals surface area contributed by atoms with Crippen molar-refractivity contribution in [3.8, 4) is 0 Å². The molecule has 0 aromatic carbocycles. The third kappa shape index (κ3) is 2.99. The van der Waals surface area contributed by atoms with Crippen LogP contribution >= 0.6 is 0 Å². The second kappa shape index (κ2) is 3.89. The van der Waals surface area contributed by atoms with E-state index in [9.17, 15) is 26.7 Å². The van der Waals surface area contributed by atoms with E-state index < -0.39 is 24.5 Å². The number of morpholine rings is 1. The Balaban J connectivity index is 2.61. The Bertz CT molecular complexity index is 254. The van der Waals surface area contributed by atoms with E-state index in [2.05, 4.69) is 9.47 Å². The molecule has 15 heavy (non-hydrogen) atoms. The first-order chi connectivity index (χ1) is 6.73. The molecule has 1 N–H and O–H groups in total. The maximum atomic E-state index is 12.7. The largest absolute Gasteiger partial charge is 0.490 e. The van der Waals surface area contributed by atoms with Gasteiger partial charge < -0.3 is 9.47 Å². The number of carbonyl (C=O) groups is 1. The molecule has 1 heterocycles. The SMILES string of the molecule is O=C(OC1NCCOC1(F)F)C(F)(F)F. The van der Waals surface area contributed by atoms with Gasteiger partial charge >= 0.3 is 18.3 Å². The van der Waals surface area contributed by atoms with Crippen molar-refractivity contribution >= 4 is 5.97 Å². The van der Waals surface area contributed by atoms with E-state index in [0.717, 1.165) is 0 Å². The molecule has 1 saturated heterocycles. The quantitative estimate of drug-likeness (QED) is 0.535. The molecule has 0 aromatic heterocycles. The van der Waals surface area contributed by atoms with E-state index in [1.807, 2.05) is 5.32 Å². The molecule has 0 amide bonds. The monoisotopic (exact) mass is 235 g/mol. The van der Waals surface area contributed by atoms with E-state index in [4.69, 9.17) is 0 Å². The lowest BCUT2D eigenvalue weighted by molar-refractivity contribution is -0.320. The number of ether oxygens (including phenoxy) is 2. The Hall–Kier alpha value is -0.960. The van der Waals surface area contributed by atoms with Crippen LogP contribution in [-0.4, -0.2) is 37.6 Å². The van der Waals surface area contributed by atoms with Crippen LogP contribution in [-0.2, 0) is 14.3 Å². The van der Waals surface area contributed by atoms with Gasteiger partial charge in [0.05, 0.1) is 6.61 Å². The second-order valence-corrected chi connectivity index (χ2v) is 2.65. The van der Waals surface area contributed by atoms with Crippen molar-refractivity contribution in [1.29, 1.82) is 0 Å². The number of carbonyl (C=O) groups excluding carboxylic acids is 1. The van der Waals surface area contributed by atoms with E-state index in [0.29, 0.717) is 0 Å². The van der Waals surface area contributed by atoms with E-state index in [1.54, 1.807) is 0 Å². The first-order valence-electron chi connectivity index (χ1n) is 3.76. The van der Waals surface area contributed by atoms with Crippen LogP contribution in [0.1, 0.15) is 0 Å². The molecule has 1 fully saturated rings. The summed E-state index contributed by atoms with van der Waals surface area (Å²) in [4.78, 5) is 10.2. The van der Waals surface area contributed by atoms with Crippen LogP contribution in [0.5, 0.6) is 0 Å². The Morgan fingerprint density at radius 1 is 1.47 bits per heavy atom. The third-order valence-electron chi connectivity index (χ3n) is 1.49. The van der Waals surface area contributed by atoms with Crippen LogP contribution in [0.25, 0.3) is 0 Å². The van der Waals surface area contributed by atoms with Crippen molar-refractivity contribution in [3.05, 3.63) is 0 Å². The van der Waals surface area contributed by atoms with Crippen LogP contribution < -0.4 is 5.32 Å². The average Bonchev–Trinajstić information content (AvgIpc) is 2.06. The van der Waals surface area contributed by atoms with Crippen LogP contribution in [0.2, 0.25) is 0 Å². The van der Waals surface area contributed by atoms with Gasteiger partial charge in [0, 0.05) is 6.54 Å². The molecule has 9 heteroatoms. The molecule has 1 aliphatic heterocycles. The summed E-state index contributed by atoms with van der Waals surface area (Å²) in [6.07, 6.45) is -11.7. The number of halogens is 5. The molecular formula is C6H6F5NO3. The third-order valence-corrected chi connectivity index (χ3v) is 1.49. The zero-order valence-corrected chi connectivity index (χ0v) is 7.11. The maximum Gasteiger partial charge on any atom is 0.490 e. The van der Waals surface area contributed by atoms with Crippen molar-refractivity contribution < 1.29 is 36.2 Å². The number of alkyl halides is 5. The molecule has 0 aromatic rings. The van der Waals surface area contributed by atoms with E-state index >= 15 is 0 Å². The lowest BCUT2D eigenvalue weighted by Gasteiger charge is -2.31. The Labute approximate surface area is 80.3 Å². The van der Waals surface area contributed by atoms with Crippen molar-refractivity contribution in [2.75, 3.05) is 13.2 Å². The minimum atomic E-state index is -5.31. The summed E-state index contributed by atoms with van der Waals surface area (Å²) in [5.74, 6) is -2.69. The fraction of sp³-hybridized carbons (Fsp3) is 0.833. The molecule has 0 radical (unpaired) electrons. The molecule has 0 saturated carbocycles. The Kier molecular flexibility index (Phi) is 3.14. The molecule has 4 nitrogen and oxygen atoms in total. The van der Waals surface area contributed by atoms with Crippen LogP contribution in [0.4, 0.5) is 22.0 Å². The molecule has 1 atom stereocenters. The van der Waals surface area contributed by atoms with Gasteiger partial charge in [-0.15, -0.1) is 0 Å². The predicted molar refractivity (Wildman–Crippen MR) is 34.8 cm³/mol. The zero-order chi connectivity index (χ0) is 11.7. The summed E-state index contributed by atoms with van der Waals surface area (Å²) in [7, 11) is 0. The van der Waals surface area contributed by atoms with Crippen molar-refractivity contribution in [3.63, 3.8) is 0 Å². The number of hydrogen-bond donors (Lipinski definition) is 1. The fourth-order valence-corrected chi connectivity index (χ4v) is 0.856. The van der Waals surface area contributed by atoms with Gasteiger partial charge in [-0.2, -0.15) is 22.0 Å². The molecule has 1 rings (SSSR count). The Morgan fingerprint density at radius 2 is 2.07 bits per heavy atom. The maximum absolute atomic E-state index is 12.7. The number of nitrogens with one attached hydrogen (secondary N) is 1. The summed E-state index contributed by atoms with van der Waals surface area (Å²) in [5.41, 5.74) is 0. The molecule has 1 aliphatic rings. The lowest BCUT2D eigenvalue weighted by atomic mass is 10.4. The fourth-order valence-electron chi connectivity index (χ4n) is 0.856. The molecule has 0 bridgehead atoms. The van der Waals surface area contributed by atoms with Gasteiger partial charge in [-0.3, -0.25) is 5.32 Å². The van der Waals surface area contributed by atoms with Gasteiger partial charge in [-0.25, -0.2) is 4.79 Å². The smallest absolute Gasteiger partial charge is 0.430 e. The molecular weight excluding hydrogens is 229 g/mol. The highest BCUT2D eigenvalue weighted by molar-refractivity contribution is 5.75. The first-order valence-corrected chi connectivity index (χ1v) is 3.76. The van der Waals surface area contributed by atoms with Crippen molar-refractivity contribution in [2.45, 2.75) is 18.5 Å². The first kappa shape index (κ1) is 12.1. The standard InChI is InChI=1S/C6H6F5NO3/c7-5(8,9)4(13)15-3-6(10,11)14-2-1-12-3/h3,12H,1-2H2. The van der Waals surface area contributed by atoms with Gasteiger partial charge in [0.2, 0.25) is 6.23 Å². The molecule has 88 valence electrons. The lowest BCUT2D eigenvalue weighted by Crippen LogP contribution is -2.56. The van der Waals surface area contributed by atoms with Crippen molar-refractivity contribution in [1.82, 2.24) is 5.32 Å². The average molecular weight is 235 g/mol. The van der Waals surface area contributed by atoms with Gasteiger partial charge in [-0.05, 0) is 0 Å². The highest BCUT2D eigenvalue weighted by Crippen LogP contribution is 2.26. The van der Waals surface area contributed by atoms with Gasteiger partial charge in [-0.1, -0.05) is 0 Å². The highest BCUT2D eigenvalue weighted by Gasteiger charge is 2.51. The number of rotatable bonds is 1. The number of hydrogen-bond acceptors (Lipinski definition) is 4. The van der Waals surface area contributed by atoms with Gasteiger partial charge in [0.15, 0.2) is 0 Å². The topological polar surface area (TPSA) is 47.6 Å². The summed E-state index contributed by atoms with van der Waals surface area (Å²) in [6, 6.07) is 0. The van der Waals surface area contributed by atoms with E-state index in [1.165, 1.54) is 0 Å². The van der Waals surface area contributed by atoms with Crippen LogP contribution in [0.15, 0.2) is 0 Å². The minimum absolute atomic E-state index is 0.134. The molecule has 0 aliphatic carbocycles.